The number of nitrogens with zero attached hydrogens (tertiary/aromatic N) is 2. The Hall–Kier alpha value is -1.52. The van der Waals surface area contributed by atoms with Gasteiger partial charge in [-0.25, -0.2) is 0 Å². The van der Waals surface area contributed by atoms with Crippen molar-refractivity contribution >= 4 is 12.2 Å². The third-order valence-electron chi connectivity index (χ3n) is 1.05. The number of carbonyl (C=O) groups excluding carboxylic acids is 1. The highest BCUT2D eigenvalue weighted by Crippen LogP contribution is 1.85. The summed E-state index contributed by atoms with van der Waals surface area (Å²) in [6.45, 7) is 0. The zero-order chi connectivity index (χ0) is 8.85. The highest BCUT2D eigenvalue weighted by molar-refractivity contribution is 5.95. The number of amidine groups is 1. The van der Waals surface area contributed by atoms with Crippen LogP contribution in [0.3, 0.4) is 0 Å². The van der Waals surface area contributed by atoms with E-state index in [1.807, 2.05) is 0 Å². The number of aliphatic imine (C=N–C) groups is 1. The van der Waals surface area contributed by atoms with Gasteiger partial charge in [-0.1, -0.05) is 0 Å². The van der Waals surface area contributed by atoms with Gasteiger partial charge in [-0.2, -0.15) is 0 Å². The lowest BCUT2D eigenvalue weighted by Crippen LogP contribution is -2.23. The minimum atomic E-state index is 0.221. The van der Waals surface area contributed by atoms with Crippen LogP contribution in [0.1, 0.15) is 0 Å². The molecule has 0 saturated heterocycles. The number of hydrogen-bond donors (Lipinski definition) is 2. The van der Waals surface area contributed by atoms with Crippen LogP contribution in [0.4, 0.5) is 0 Å². The van der Waals surface area contributed by atoms with Crippen LogP contribution in [-0.4, -0.2) is 31.2 Å². The Kier molecular flexibility index (Phi) is 3.72. The minimum absolute atomic E-state index is 0.221. The van der Waals surface area contributed by atoms with E-state index in [1.54, 1.807) is 7.05 Å². The third kappa shape index (κ3) is 3.24. The number of amides is 1. The molecule has 4 N–H and O–H groups in total. The van der Waals surface area contributed by atoms with Crippen LogP contribution >= 0.6 is 0 Å². The number of rotatable bonds is 3. The Morgan fingerprint density at radius 3 is 2.45 bits per heavy atom. The second-order valence-corrected chi connectivity index (χ2v) is 1.96. The monoisotopic (exact) mass is 156 g/mol. The summed E-state index contributed by atoms with van der Waals surface area (Å²) in [6.07, 6.45) is 2.02. The summed E-state index contributed by atoms with van der Waals surface area (Å²) in [7, 11) is 3.08. The summed E-state index contributed by atoms with van der Waals surface area (Å²) in [5.74, 6) is 0.221. The van der Waals surface area contributed by atoms with E-state index in [1.165, 1.54) is 18.1 Å². The van der Waals surface area contributed by atoms with E-state index in [0.717, 1.165) is 0 Å². The fourth-order valence-corrected chi connectivity index (χ4v) is 0.445. The first kappa shape index (κ1) is 9.48. The van der Waals surface area contributed by atoms with Gasteiger partial charge in [0.1, 0.15) is 5.84 Å². The average Bonchev–Trinajstić information content (AvgIpc) is 2.02. The molecular formula is C6H12N4O. The van der Waals surface area contributed by atoms with E-state index >= 15 is 0 Å². The van der Waals surface area contributed by atoms with E-state index < -0.39 is 0 Å². The van der Waals surface area contributed by atoms with Gasteiger partial charge in [-0.3, -0.25) is 9.79 Å². The molecule has 0 aliphatic heterocycles. The molecule has 5 nitrogen and oxygen atoms in total. The quantitative estimate of drug-likeness (QED) is 0.308. The average molecular weight is 156 g/mol. The van der Waals surface area contributed by atoms with Crippen molar-refractivity contribution in [2.45, 2.75) is 0 Å². The van der Waals surface area contributed by atoms with Crippen molar-refractivity contribution in [2.24, 2.45) is 16.5 Å². The predicted molar refractivity (Wildman–Crippen MR) is 43.6 cm³/mol. The lowest BCUT2D eigenvalue weighted by molar-refractivity contribution is -0.115. The molecule has 0 aromatic heterocycles. The minimum Gasteiger partial charge on any atom is -0.395 e. The van der Waals surface area contributed by atoms with Gasteiger partial charge in [0.15, 0.2) is 0 Å². The molecular weight excluding hydrogens is 144 g/mol. The second kappa shape index (κ2) is 4.32. The van der Waals surface area contributed by atoms with Crippen molar-refractivity contribution < 1.29 is 4.79 Å². The maximum atomic E-state index is 10.1. The summed E-state index contributed by atoms with van der Waals surface area (Å²) < 4.78 is 0. The van der Waals surface area contributed by atoms with Gasteiger partial charge < -0.3 is 16.4 Å². The molecule has 0 aliphatic carbocycles. The Labute approximate surface area is 65.4 Å². The molecule has 0 rings (SSSR count). The molecule has 0 saturated carbocycles. The molecule has 5 heteroatoms. The van der Waals surface area contributed by atoms with Gasteiger partial charge in [-0.15, -0.1) is 0 Å². The smallest absolute Gasteiger partial charge is 0.213 e. The molecule has 0 heterocycles. The van der Waals surface area contributed by atoms with Gasteiger partial charge in [0, 0.05) is 20.3 Å². The molecule has 0 spiro atoms. The van der Waals surface area contributed by atoms with Gasteiger partial charge in [0.2, 0.25) is 6.41 Å². The topological polar surface area (TPSA) is 84.7 Å². The molecule has 0 aromatic rings. The lowest BCUT2D eigenvalue weighted by Gasteiger charge is -2.05. The van der Waals surface area contributed by atoms with Crippen molar-refractivity contribution in [3.05, 3.63) is 11.9 Å². The summed E-state index contributed by atoms with van der Waals surface area (Å²) >= 11 is 0. The summed E-state index contributed by atoms with van der Waals surface area (Å²) in [5, 5.41) is 0. The van der Waals surface area contributed by atoms with Crippen molar-refractivity contribution in [1.29, 1.82) is 0 Å². The molecule has 11 heavy (non-hydrogen) atoms. The van der Waals surface area contributed by atoms with Crippen LogP contribution in [0.2, 0.25) is 0 Å². The van der Waals surface area contributed by atoms with E-state index in [0.29, 0.717) is 6.41 Å². The van der Waals surface area contributed by atoms with Gasteiger partial charge in [0.25, 0.3) is 0 Å². The Balaban J connectivity index is 4.33. The fourth-order valence-electron chi connectivity index (χ4n) is 0.445. The molecule has 62 valence electrons. The first-order valence-corrected chi connectivity index (χ1v) is 2.99. The maximum Gasteiger partial charge on any atom is 0.213 e. The Morgan fingerprint density at radius 1 is 1.55 bits per heavy atom. The van der Waals surface area contributed by atoms with Gasteiger partial charge >= 0.3 is 0 Å². The molecule has 0 unspecified atom stereocenters. The Morgan fingerprint density at radius 2 is 2.09 bits per heavy atom. The first-order valence-electron chi connectivity index (χ1n) is 2.99. The normalized spacial score (nSPS) is 12.9. The zero-order valence-electron chi connectivity index (χ0n) is 6.61. The lowest BCUT2D eigenvalue weighted by atomic mass is 10.4. The zero-order valence-corrected chi connectivity index (χ0v) is 6.61. The second-order valence-electron chi connectivity index (χ2n) is 1.96. The molecule has 1 amide bonds. The van der Waals surface area contributed by atoms with Crippen LogP contribution < -0.4 is 11.5 Å². The highest BCUT2D eigenvalue weighted by Gasteiger charge is 1.95. The molecule has 0 aliphatic rings. The van der Waals surface area contributed by atoms with Crippen molar-refractivity contribution in [3.8, 4) is 0 Å². The van der Waals surface area contributed by atoms with Crippen LogP contribution in [0, 0.1) is 0 Å². The number of carbonyl (C=O) groups is 1. The summed E-state index contributed by atoms with van der Waals surface area (Å²) in [4.78, 5) is 15.0. The summed E-state index contributed by atoms with van der Waals surface area (Å²) in [5.41, 5.74) is 11.0. The maximum absolute atomic E-state index is 10.1. The fraction of sp³-hybridized carbons (Fsp3) is 0.333. The van der Waals surface area contributed by atoms with Crippen molar-refractivity contribution in [2.75, 3.05) is 14.1 Å². The molecule has 0 radical (unpaired) electrons. The van der Waals surface area contributed by atoms with E-state index in [4.69, 9.17) is 11.5 Å². The highest BCUT2D eigenvalue weighted by atomic mass is 16.1. The summed E-state index contributed by atoms with van der Waals surface area (Å²) in [6, 6.07) is 0. The third-order valence-corrected chi connectivity index (χ3v) is 1.05. The van der Waals surface area contributed by atoms with Crippen LogP contribution in [0.5, 0.6) is 0 Å². The molecule has 0 bridgehead atoms. The number of hydrogen-bond acceptors (Lipinski definition) is 3. The van der Waals surface area contributed by atoms with Gasteiger partial charge in [-0.05, 0) is 0 Å². The predicted octanol–water partition coefficient (Wildman–Crippen LogP) is -1.14. The van der Waals surface area contributed by atoms with Crippen LogP contribution in [-0.2, 0) is 4.79 Å². The van der Waals surface area contributed by atoms with Gasteiger partial charge in [0.05, 0.1) is 5.70 Å². The van der Waals surface area contributed by atoms with Crippen LogP contribution in [0.15, 0.2) is 16.9 Å². The first-order chi connectivity index (χ1) is 5.11. The largest absolute Gasteiger partial charge is 0.395 e. The number of nitrogens with two attached hydrogens (primary N) is 2. The van der Waals surface area contributed by atoms with E-state index in [-0.39, 0.29) is 11.5 Å². The van der Waals surface area contributed by atoms with Crippen molar-refractivity contribution in [3.63, 3.8) is 0 Å². The molecule has 0 fully saturated rings. The van der Waals surface area contributed by atoms with Crippen molar-refractivity contribution in [1.82, 2.24) is 4.90 Å². The molecule has 0 aromatic carbocycles. The van der Waals surface area contributed by atoms with E-state index in [9.17, 15) is 4.79 Å². The standard InChI is InChI=1S/C6H12N4O/c1-9-6(8)5(7)3-10(2)4-11/h3-4H,7H2,1-2H3,(H2,8,9)/b5-3+. The van der Waals surface area contributed by atoms with Crippen LogP contribution in [0.25, 0.3) is 0 Å². The SMILES string of the molecule is CN=C(N)/C(N)=C\N(C)C=O. The Bertz CT molecular complexity index is 197. The van der Waals surface area contributed by atoms with E-state index in [2.05, 4.69) is 4.99 Å². The molecule has 0 atom stereocenters.